The van der Waals surface area contributed by atoms with Crippen LogP contribution in [0.2, 0.25) is 5.02 Å². The first-order valence-corrected chi connectivity index (χ1v) is 10.5. The lowest BCUT2D eigenvalue weighted by Crippen LogP contribution is -2.42. The minimum atomic E-state index is -4.57. The normalized spacial score (nSPS) is 19.2. The third-order valence-corrected chi connectivity index (χ3v) is 5.77. The highest BCUT2D eigenvalue weighted by Crippen LogP contribution is 2.35. The van der Waals surface area contributed by atoms with Gasteiger partial charge in [0.25, 0.3) is 5.91 Å². The SMILES string of the molecule is Cn1cc(C(=O)N[C@@H]2CCC[C@H](Nc3cc(C(F)(F)F)nc4ccc(Cl)cc34)C2)c(N)n1. The van der Waals surface area contributed by atoms with Crippen molar-refractivity contribution >= 4 is 39.9 Å². The molecular formula is C21H22ClF3N6O. The average Bonchev–Trinajstić information content (AvgIpc) is 3.06. The molecule has 0 radical (unpaired) electrons. The minimum Gasteiger partial charge on any atom is -0.382 e. The van der Waals surface area contributed by atoms with E-state index in [2.05, 4.69) is 20.7 Å². The molecule has 0 spiro atoms. The number of carbonyl (C=O) groups is 1. The van der Waals surface area contributed by atoms with Gasteiger partial charge in [-0.3, -0.25) is 9.48 Å². The molecule has 1 aromatic carbocycles. The number of aromatic nitrogens is 3. The molecule has 0 unspecified atom stereocenters. The molecule has 0 saturated heterocycles. The number of alkyl halides is 3. The summed E-state index contributed by atoms with van der Waals surface area (Å²) in [5, 5.41) is 11.1. The van der Waals surface area contributed by atoms with E-state index < -0.39 is 11.9 Å². The molecule has 2 heterocycles. The van der Waals surface area contributed by atoms with Crippen LogP contribution in [0.15, 0.2) is 30.5 Å². The lowest BCUT2D eigenvalue weighted by molar-refractivity contribution is -0.140. The molecule has 2 atom stereocenters. The second kappa shape index (κ2) is 8.50. The van der Waals surface area contributed by atoms with E-state index in [0.717, 1.165) is 25.3 Å². The van der Waals surface area contributed by atoms with Crippen LogP contribution in [0.1, 0.15) is 41.7 Å². The number of anilines is 2. The molecule has 1 saturated carbocycles. The van der Waals surface area contributed by atoms with Crippen molar-refractivity contribution in [3.8, 4) is 0 Å². The first-order valence-electron chi connectivity index (χ1n) is 10.1. The summed E-state index contributed by atoms with van der Waals surface area (Å²) in [6.45, 7) is 0. The Labute approximate surface area is 187 Å². The van der Waals surface area contributed by atoms with Crippen molar-refractivity contribution in [3.05, 3.63) is 46.7 Å². The van der Waals surface area contributed by atoms with Crippen molar-refractivity contribution in [2.75, 3.05) is 11.1 Å². The monoisotopic (exact) mass is 466 g/mol. The predicted molar refractivity (Wildman–Crippen MR) is 117 cm³/mol. The molecule has 0 aliphatic heterocycles. The van der Waals surface area contributed by atoms with Gasteiger partial charge in [0, 0.05) is 41.4 Å². The third-order valence-electron chi connectivity index (χ3n) is 5.53. The van der Waals surface area contributed by atoms with Gasteiger partial charge in [-0.2, -0.15) is 18.3 Å². The van der Waals surface area contributed by atoms with Gasteiger partial charge in [0.1, 0.15) is 11.3 Å². The van der Waals surface area contributed by atoms with E-state index in [1.54, 1.807) is 19.3 Å². The van der Waals surface area contributed by atoms with E-state index in [1.165, 1.54) is 16.8 Å². The topological polar surface area (TPSA) is 97.9 Å². The zero-order chi connectivity index (χ0) is 23.0. The molecule has 4 N–H and O–H groups in total. The molecule has 170 valence electrons. The van der Waals surface area contributed by atoms with Crippen molar-refractivity contribution in [2.45, 2.75) is 43.9 Å². The standard InChI is InChI=1S/C21H22ClF3N6O/c1-31-10-15(19(26)30-31)20(32)28-13-4-2-3-12(8-13)27-17-9-18(21(23,24)25)29-16-6-5-11(22)7-14(16)17/h5-7,9-10,12-13H,2-4,8H2,1H3,(H2,26,30)(H,27,29)(H,28,32)/t12-,13+/m0/s1. The molecule has 32 heavy (non-hydrogen) atoms. The highest BCUT2D eigenvalue weighted by Gasteiger charge is 2.34. The first kappa shape index (κ1) is 22.2. The fourth-order valence-corrected chi connectivity index (χ4v) is 4.25. The third kappa shape index (κ3) is 4.74. The van der Waals surface area contributed by atoms with E-state index in [0.29, 0.717) is 28.1 Å². The first-order chi connectivity index (χ1) is 15.1. The Morgan fingerprint density at radius 2 is 2.00 bits per heavy atom. The van der Waals surface area contributed by atoms with Gasteiger partial charge in [-0.05, 0) is 49.9 Å². The number of nitrogen functional groups attached to an aromatic ring is 1. The number of benzene rings is 1. The van der Waals surface area contributed by atoms with Gasteiger partial charge in [0.15, 0.2) is 5.82 Å². The van der Waals surface area contributed by atoms with Gasteiger partial charge < -0.3 is 16.4 Å². The highest BCUT2D eigenvalue weighted by molar-refractivity contribution is 6.31. The van der Waals surface area contributed by atoms with E-state index >= 15 is 0 Å². The van der Waals surface area contributed by atoms with E-state index in [4.69, 9.17) is 17.3 Å². The molecule has 1 fully saturated rings. The lowest BCUT2D eigenvalue weighted by atomic mass is 9.90. The molecule has 1 aliphatic rings. The Hall–Kier alpha value is -3.01. The van der Waals surface area contributed by atoms with Crippen molar-refractivity contribution in [2.24, 2.45) is 7.05 Å². The predicted octanol–water partition coefficient (Wildman–Crippen LogP) is 4.38. The highest BCUT2D eigenvalue weighted by atomic mass is 35.5. The Morgan fingerprint density at radius 3 is 2.69 bits per heavy atom. The van der Waals surface area contributed by atoms with Crippen molar-refractivity contribution < 1.29 is 18.0 Å². The van der Waals surface area contributed by atoms with Crippen LogP contribution in [0, 0.1) is 0 Å². The summed E-state index contributed by atoms with van der Waals surface area (Å²) in [6, 6.07) is 5.31. The summed E-state index contributed by atoms with van der Waals surface area (Å²) >= 11 is 6.07. The number of amides is 1. The maximum absolute atomic E-state index is 13.4. The molecular weight excluding hydrogens is 445 g/mol. The molecule has 3 aromatic rings. The molecule has 11 heteroatoms. The summed E-state index contributed by atoms with van der Waals surface area (Å²) in [7, 11) is 1.67. The maximum Gasteiger partial charge on any atom is 0.433 e. The smallest absolute Gasteiger partial charge is 0.382 e. The van der Waals surface area contributed by atoms with Gasteiger partial charge in [-0.15, -0.1) is 0 Å². The van der Waals surface area contributed by atoms with Crippen LogP contribution in [0.4, 0.5) is 24.7 Å². The Bertz CT molecular complexity index is 1160. The number of hydrogen-bond acceptors (Lipinski definition) is 5. The lowest BCUT2D eigenvalue weighted by Gasteiger charge is -2.31. The second-order valence-corrected chi connectivity index (χ2v) is 8.43. The second-order valence-electron chi connectivity index (χ2n) is 7.99. The molecule has 0 bridgehead atoms. The van der Waals surface area contributed by atoms with E-state index in [1.807, 2.05) is 0 Å². The van der Waals surface area contributed by atoms with Crippen LogP contribution in [-0.2, 0) is 13.2 Å². The van der Waals surface area contributed by atoms with Crippen LogP contribution in [0.3, 0.4) is 0 Å². The molecule has 7 nitrogen and oxygen atoms in total. The number of halogens is 4. The van der Waals surface area contributed by atoms with Gasteiger partial charge in [0.2, 0.25) is 0 Å². The number of hydrogen-bond donors (Lipinski definition) is 3. The molecule has 2 aromatic heterocycles. The summed E-state index contributed by atoms with van der Waals surface area (Å²) in [4.78, 5) is 16.3. The van der Waals surface area contributed by atoms with Crippen molar-refractivity contribution in [1.29, 1.82) is 0 Å². The van der Waals surface area contributed by atoms with Crippen molar-refractivity contribution in [3.63, 3.8) is 0 Å². The zero-order valence-corrected chi connectivity index (χ0v) is 18.0. The maximum atomic E-state index is 13.4. The van der Waals surface area contributed by atoms with Crippen LogP contribution in [-0.4, -0.2) is 32.8 Å². The number of pyridine rings is 1. The fraction of sp³-hybridized carbons (Fsp3) is 0.381. The van der Waals surface area contributed by atoms with Gasteiger partial charge in [0.05, 0.1) is 5.52 Å². The van der Waals surface area contributed by atoms with E-state index in [9.17, 15) is 18.0 Å². The van der Waals surface area contributed by atoms with Crippen LogP contribution < -0.4 is 16.4 Å². The summed E-state index contributed by atoms with van der Waals surface area (Å²) in [5.74, 6) is -0.169. The average molecular weight is 467 g/mol. The summed E-state index contributed by atoms with van der Waals surface area (Å²) in [6.07, 6.45) is -0.141. The zero-order valence-electron chi connectivity index (χ0n) is 17.2. The van der Waals surface area contributed by atoms with Crippen LogP contribution in [0.5, 0.6) is 0 Å². The quantitative estimate of drug-likeness (QED) is 0.530. The number of nitrogens with one attached hydrogen (secondary N) is 2. The van der Waals surface area contributed by atoms with Gasteiger partial charge in [-0.1, -0.05) is 11.6 Å². The number of aryl methyl sites for hydroxylation is 1. The van der Waals surface area contributed by atoms with Crippen molar-refractivity contribution in [1.82, 2.24) is 20.1 Å². The summed E-state index contributed by atoms with van der Waals surface area (Å²) in [5.41, 5.74) is 5.63. The Morgan fingerprint density at radius 1 is 1.25 bits per heavy atom. The Balaban J connectivity index is 1.54. The molecule has 1 amide bonds. The Kier molecular flexibility index (Phi) is 5.89. The summed E-state index contributed by atoms with van der Waals surface area (Å²) < 4.78 is 41.6. The number of nitrogens with zero attached hydrogens (tertiary/aromatic N) is 3. The van der Waals surface area contributed by atoms with Gasteiger partial charge in [-0.25, -0.2) is 4.98 Å². The molecule has 1 aliphatic carbocycles. The molecule has 4 rings (SSSR count). The number of carbonyl (C=O) groups excluding carboxylic acids is 1. The number of fused-ring (bicyclic) bond motifs is 1. The van der Waals surface area contributed by atoms with Crippen LogP contribution in [0.25, 0.3) is 10.9 Å². The van der Waals surface area contributed by atoms with E-state index in [-0.39, 0.29) is 29.3 Å². The minimum absolute atomic E-state index is 0.133. The van der Waals surface area contributed by atoms with Gasteiger partial charge >= 0.3 is 6.18 Å². The fourth-order valence-electron chi connectivity index (χ4n) is 4.08. The number of nitrogens with two attached hydrogens (primary N) is 1. The van der Waals surface area contributed by atoms with Crippen LogP contribution >= 0.6 is 11.6 Å². The number of rotatable bonds is 4. The largest absolute Gasteiger partial charge is 0.433 e.